The largest absolute Gasteiger partial charge is 0.487 e. The fraction of sp³-hybridized carbons (Fsp3) is 0.500. The fourth-order valence-corrected chi connectivity index (χ4v) is 2.75. The molecule has 0 radical (unpaired) electrons. The van der Waals surface area contributed by atoms with Crippen LogP contribution >= 0.6 is 23.2 Å². The van der Waals surface area contributed by atoms with Crippen molar-refractivity contribution in [2.45, 2.75) is 38.2 Å². The molecule has 1 aliphatic rings. The van der Waals surface area contributed by atoms with Crippen LogP contribution in [0.1, 0.15) is 32.1 Å². The van der Waals surface area contributed by atoms with Crippen molar-refractivity contribution in [2.75, 3.05) is 0 Å². The van der Waals surface area contributed by atoms with Crippen molar-refractivity contribution in [3.05, 3.63) is 28.2 Å². The normalized spacial score (nSPS) is 24.1. The maximum absolute atomic E-state index is 9.19. The first kappa shape index (κ1) is 13.5. The lowest BCUT2D eigenvalue weighted by Crippen LogP contribution is -2.25. The molecule has 0 heterocycles. The van der Waals surface area contributed by atoms with Crippen molar-refractivity contribution in [3.63, 3.8) is 0 Å². The Kier molecular flexibility index (Phi) is 4.74. The SMILES string of the molecule is N#CC1CCCCCC1Oc1ccc(Cl)cc1Cl. The lowest BCUT2D eigenvalue weighted by molar-refractivity contribution is 0.152. The van der Waals surface area contributed by atoms with Gasteiger partial charge in [0, 0.05) is 5.02 Å². The molecule has 0 spiro atoms. The number of benzene rings is 1. The Bertz CT molecular complexity index is 456. The number of halogens is 2. The summed E-state index contributed by atoms with van der Waals surface area (Å²) in [4.78, 5) is 0. The summed E-state index contributed by atoms with van der Waals surface area (Å²) >= 11 is 11.9. The highest BCUT2D eigenvalue weighted by Gasteiger charge is 2.25. The molecule has 0 aromatic heterocycles. The molecule has 0 aliphatic heterocycles. The number of rotatable bonds is 2. The quantitative estimate of drug-likeness (QED) is 0.728. The standard InChI is InChI=1S/C14H15Cl2NO/c15-11-6-7-14(12(16)8-11)18-13-5-3-1-2-4-10(13)9-17/h6-8,10,13H,1-5H2. The van der Waals surface area contributed by atoms with E-state index in [4.69, 9.17) is 27.9 Å². The van der Waals surface area contributed by atoms with Crippen molar-refractivity contribution < 1.29 is 4.74 Å². The van der Waals surface area contributed by atoms with Gasteiger partial charge >= 0.3 is 0 Å². The molecule has 2 rings (SSSR count). The lowest BCUT2D eigenvalue weighted by Gasteiger charge is -2.21. The van der Waals surface area contributed by atoms with E-state index in [0.717, 1.165) is 25.7 Å². The molecule has 0 saturated heterocycles. The van der Waals surface area contributed by atoms with Crippen molar-refractivity contribution in [2.24, 2.45) is 5.92 Å². The Hall–Kier alpha value is -0.910. The predicted molar refractivity (Wildman–Crippen MR) is 73.1 cm³/mol. The van der Waals surface area contributed by atoms with Gasteiger partial charge in [-0.25, -0.2) is 0 Å². The van der Waals surface area contributed by atoms with Gasteiger partial charge in [0.25, 0.3) is 0 Å². The molecule has 96 valence electrons. The number of hydrogen-bond acceptors (Lipinski definition) is 2. The van der Waals surface area contributed by atoms with Crippen LogP contribution in [0.4, 0.5) is 0 Å². The maximum Gasteiger partial charge on any atom is 0.138 e. The zero-order valence-corrected chi connectivity index (χ0v) is 11.5. The summed E-state index contributed by atoms with van der Waals surface area (Å²) in [7, 11) is 0. The minimum Gasteiger partial charge on any atom is -0.487 e. The van der Waals surface area contributed by atoms with Gasteiger partial charge in [0.2, 0.25) is 0 Å². The molecule has 4 heteroatoms. The van der Waals surface area contributed by atoms with Crippen LogP contribution in [0.5, 0.6) is 5.75 Å². The molecule has 2 nitrogen and oxygen atoms in total. The Morgan fingerprint density at radius 1 is 1.17 bits per heavy atom. The van der Waals surface area contributed by atoms with Gasteiger partial charge in [-0.15, -0.1) is 0 Å². The molecular weight excluding hydrogens is 269 g/mol. The molecule has 0 N–H and O–H groups in total. The van der Waals surface area contributed by atoms with Gasteiger partial charge in [0.1, 0.15) is 11.9 Å². The Morgan fingerprint density at radius 3 is 2.67 bits per heavy atom. The second-order valence-electron chi connectivity index (χ2n) is 4.60. The van der Waals surface area contributed by atoms with Gasteiger partial charge in [-0.3, -0.25) is 0 Å². The average molecular weight is 284 g/mol. The van der Waals surface area contributed by atoms with Crippen LogP contribution in [0, 0.1) is 17.2 Å². The minimum atomic E-state index is -0.0591. The molecule has 2 unspecified atom stereocenters. The molecule has 18 heavy (non-hydrogen) atoms. The summed E-state index contributed by atoms with van der Waals surface area (Å²) < 4.78 is 5.91. The van der Waals surface area contributed by atoms with E-state index >= 15 is 0 Å². The lowest BCUT2D eigenvalue weighted by atomic mass is 9.99. The van der Waals surface area contributed by atoms with Gasteiger partial charge in [0.15, 0.2) is 0 Å². The summed E-state index contributed by atoms with van der Waals surface area (Å²) in [6, 6.07) is 7.53. The maximum atomic E-state index is 9.19. The predicted octanol–water partition coefficient (Wildman–Crippen LogP) is 4.84. The summed E-state index contributed by atoms with van der Waals surface area (Å²) in [6.45, 7) is 0. The first-order valence-electron chi connectivity index (χ1n) is 6.22. The number of ether oxygens (including phenoxy) is 1. The van der Waals surface area contributed by atoms with Crippen molar-refractivity contribution in [3.8, 4) is 11.8 Å². The first-order chi connectivity index (χ1) is 8.70. The zero-order valence-electron chi connectivity index (χ0n) is 10.0. The third-order valence-corrected chi connectivity index (χ3v) is 3.82. The molecule has 1 aliphatic carbocycles. The summed E-state index contributed by atoms with van der Waals surface area (Å²) in [5.41, 5.74) is 0. The first-order valence-corrected chi connectivity index (χ1v) is 6.97. The van der Waals surface area contributed by atoms with Crippen LogP contribution in [0.25, 0.3) is 0 Å². The van der Waals surface area contributed by atoms with Crippen molar-refractivity contribution in [1.82, 2.24) is 0 Å². The van der Waals surface area contributed by atoms with E-state index in [9.17, 15) is 5.26 Å². The van der Waals surface area contributed by atoms with Crippen LogP contribution < -0.4 is 4.74 Å². The van der Waals surface area contributed by atoms with E-state index in [-0.39, 0.29) is 12.0 Å². The summed E-state index contributed by atoms with van der Waals surface area (Å²) in [6.07, 6.45) is 5.15. The summed E-state index contributed by atoms with van der Waals surface area (Å²) in [5.74, 6) is 0.576. The van der Waals surface area contributed by atoms with E-state index in [0.29, 0.717) is 15.8 Å². The molecule has 0 bridgehead atoms. The second kappa shape index (κ2) is 6.31. The third-order valence-electron chi connectivity index (χ3n) is 3.29. The highest BCUT2D eigenvalue weighted by molar-refractivity contribution is 6.35. The smallest absolute Gasteiger partial charge is 0.138 e. The van der Waals surface area contributed by atoms with E-state index < -0.39 is 0 Å². The van der Waals surface area contributed by atoms with Crippen LogP contribution in [0.15, 0.2) is 18.2 Å². The highest BCUT2D eigenvalue weighted by atomic mass is 35.5. The van der Waals surface area contributed by atoms with Gasteiger partial charge < -0.3 is 4.74 Å². The fourth-order valence-electron chi connectivity index (χ4n) is 2.30. The molecule has 1 saturated carbocycles. The highest BCUT2D eigenvalue weighted by Crippen LogP contribution is 2.32. The van der Waals surface area contributed by atoms with E-state index in [1.807, 2.05) is 0 Å². The van der Waals surface area contributed by atoms with Crippen molar-refractivity contribution in [1.29, 1.82) is 5.26 Å². The molecule has 0 amide bonds. The molecule has 2 atom stereocenters. The second-order valence-corrected chi connectivity index (χ2v) is 5.45. The van der Waals surface area contributed by atoms with Crippen LogP contribution in [-0.2, 0) is 0 Å². The number of nitriles is 1. The molecule has 1 aromatic rings. The molecule has 1 fully saturated rings. The van der Waals surface area contributed by atoms with Crippen LogP contribution in [-0.4, -0.2) is 6.10 Å². The van der Waals surface area contributed by atoms with Gasteiger partial charge in [-0.05, 0) is 37.5 Å². The van der Waals surface area contributed by atoms with E-state index in [2.05, 4.69) is 6.07 Å². The Labute approximate surface area is 117 Å². The number of hydrogen-bond donors (Lipinski definition) is 0. The minimum absolute atomic E-state index is 0.0424. The van der Waals surface area contributed by atoms with E-state index in [1.165, 1.54) is 6.42 Å². The molecule has 1 aromatic carbocycles. The summed E-state index contributed by atoms with van der Waals surface area (Å²) in [5, 5.41) is 10.3. The number of nitrogens with zero attached hydrogens (tertiary/aromatic N) is 1. The zero-order chi connectivity index (χ0) is 13.0. The topological polar surface area (TPSA) is 33.0 Å². The van der Waals surface area contributed by atoms with E-state index in [1.54, 1.807) is 18.2 Å². The Morgan fingerprint density at radius 2 is 1.94 bits per heavy atom. The third kappa shape index (κ3) is 3.31. The monoisotopic (exact) mass is 283 g/mol. The van der Waals surface area contributed by atoms with Gasteiger partial charge in [-0.2, -0.15) is 5.26 Å². The molecular formula is C14H15Cl2NO. The average Bonchev–Trinajstić information content (AvgIpc) is 2.57. The van der Waals surface area contributed by atoms with Crippen LogP contribution in [0.2, 0.25) is 10.0 Å². The van der Waals surface area contributed by atoms with Gasteiger partial charge in [0.05, 0.1) is 17.0 Å². The van der Waals surface area contributed by atoms with Crippen molar-refractivity contribution >= 4 is 23.2 Å². The Balaban J connectivity index is 2.13. The van der Waals surface area contributed by atoms with Crippen LogP contribution in [0.3, 0.4) is 0 Å². The van der Waals surface area contributed by atoms with Gasteiger partial charge in [-0.1, -0.05) is 36.0 Å².